The van der Waals surface area contributed by atoms with Gasteiger partial charge in [-0.2, -0.15) is 0 Å². The quantitative estimate of drug-likeness (QED) is 0.568. The minimum atomic E-state index is -0.0275. The Balaban J connectivity index is 2.03. The Bertz CT molecular complexity index is 237. The molecule has 92 valence electrons. The lowest BCUT2D eigenvalue weighted by Crippen LogP contribution is -2.47. The van der Waals surface area contributed by atoms with Gasteiger partial charge in [0.1, 0.15) is 0 Å². The van der Waals surface area contributed by atoms with Crippen LogP contribution in [-0.2, 0) is 9.59 Å². The normalized spacial score (nSPS) is 20.2. The maximum atomic E-state index is 11.6. The van der Waals surface area contributed by atoms with Crippen LogP contribution in [0.1, 0.15) is 32.6 Å². The van der Waals surface area contributed by atoms with Crippen molar-refractivity contribution < 1.29 is 9.59 Å². The second kappa shape index (κ2) is 7.22. The average molecular weight is 227 g/mol. The maximum absolute atomic E-state index is 11.6. The molecule has 0 aromatic rings. The molecule has 1 aliphatic rings. The Kier molecular flexibility index (Phi) is 5.85. The Morgan fingerprint density at radius 1 is 1.25 bits per heavy atom. The van der Waals surface area contributed by atoms with Crippen LogP contribution in [0, 0.1) is 0 Å². The maximum Gasteiger partial charge on any atom is 0.237 e. The second-order valence-electron chi connectivity index (χ2n) is 4.13. The van der Waals surface area contributed by atoms with Crippen LogP contribution in [0.25, 0.3) is 0 Å². The molecule has 1 aliphatic heterocycles. The van der Waals surface area contributed by atoms with Gasteiger partial charge in [-0.3, -0.25) is 9.59 Å². The molecule has 0 aromatic heterocycles. The van der Waals surface area contributed by atoms with Gasteiger partial charge in [0, 0.05) is 20.0 Å². The summed E-state index contributed by atoms with van der Waals surface area (Å²) in [4.78, 5) is 22.2. The zero-order valence-electron chi connectivity index (χ0n) is 9.84. The van der Waals surface area contributed by atoms with Crippen LogP contribution in [-0.4, -0.2) is 37.5 Å². The third-order valence-electron chi connectivity index (χ3n) is 2.65. The molecule has 5 nitrogen and oxygen atoms in total. The standard InChI is InChI=1S/C11H21N3O2/c1-9(15)12-7-4-8-14-11(16)10-5-2-3-6-13-10/h10,13H,2-8H2,1H3,(H,12,15)(H,14,16). The van der Waals surface area contributed by atoms with Crippen LogP contribution >= 0.6 is 0 Å². The fraction of sp³-hybridized carbons (Fsp3) is 0.818. The summed E-state index contributed by atoms with van der Waals surface area (Å²) >= 11 is 0. The number of hydrogen-bond acceptors (Lipinski definition) is 3. The van der Waals surface area contributed by atoms with E-state index in [0.29, 0.717) is 13.1 Å². The van der Waals surface area contributed by atoms with E-state index in [9.17, 15) is 9.59 Å². The zero-order valence-corrected chi connectivity index (χ0v) is 9.84. The lowest BCUT2D eigenvalue weighted by atomic mass is 10.0. The zero-order chi connectivity index (χ0) is 11.8. The molecule has 5 heteroatoms. The van der Waals surface area contributed by atoms with E-state index in [4.69, 9.17) is 0 Å². The van der Waals surface area contributed by atoms with Crippen molar-refractivity contribution in [3.05, 3.63) is 0 Å². The van der Waals surface area contributed by atoms with Gasteiger partial charge in [0.15, 0.2) is 0 Å². The molecule has 1 atom stereocenters. The van der Waals surface area contributed by atoms with Crippen molar-refractivity contribution in [3.8, 4) is 0 Å². The smallest absolute Gasteiger partial charge is 0.237 e. The molecule has 2 amide bonds. The fourth-order valence-corrected chi connectivity index (χ4v) is 1.76. The summed E-state index contributed by atoms with van der Waals surface area (Å²) in [5.74, 6) is 0.0581. The largest absolute Gasteiger partial charge is 0.356 e. The second-order valence-corrected chi connectivity index (χ2v) is 4.13. The van der Waals surface area contributed by atoms with E-state index >= 15 is 0 Å². The van der Waals surface area contributed by atoms with Crippen molar-refractivity contribution in [2.75, 3.05) is 19.6 Å². The number of hydrogen-bond donors (Lipinski definition) is 3. The first-order valence-corrected chi connectivity index (χ1v) is 5.95. The first-order chi connectivity index (χ1) is 7.70. The summed E-state index contributed by atoms with van der Waals surface area (Å²) in [6.07, 6.45) is 3.98. The van der Waals surface area contributed by atoms with E-state index in [0.717, 1.165) is 32.2 Å². The minimum Gasteiger partial charge on any atom is -0.356 e. The van der Waals surface area contributed by atoms with E-state index in [2.05, 4.69) is 16.0 Å². The molecule has 1 unspecified atom stereocenters. The van der Waals surface area contributed by atoms with Crippen LogP contribution in [0.3, 0.4) is 0 Å². The summed E-state index contributed by atoms with van der Waals surface area (Å²) in [5.41, 5.74) is 0. The highest BCUT2D eigenvalue weighted by atomic mass is 16.2. The van der Waals surface area contributed by atoms with Crippen molar-refractivity contribution in [2.45, 2.75) is 38.6 Å². The van der Waals surface area contributed by atoms with Crippen molar-refractivity contribution >= 4 is 11.8 Å². The van der Waals surface area contributed by atoms with Gasteiger partial charge in [0.2, 0.25) is 11.8 Å². The summed E-state index contributed by atoms with van der Waals surface area (Å²) < 4.78 is 0. The van der Waals surface area contributed by atoms with Gasteiger partial charge in [-0.25, -0.2) is 0 Å². The molecule has 1 fully saturated rings. The van der Waals surface area contributed by atoms with Crippen LogP contribution in [0.4, 0.5) is 0 Å². The molecule has 0 radical (unpaired) electrons. The number of amides is 2. The van der Waals surface area contributed by atoms with Gasteiger partial charge in [-0.05, 0) is 25.8 Å². The highest BCUT2D eigenvalue weighted by Gasteiger charge is 2.19. The molecule has 0 bridgehead atoms. The van der Waals surface area contributed by atoms with E-state index in [-0.39, 0.29) is 17.9 Å². The molecule has 0 aromatic carbocycles. The van der Waals surface area contributed by atoms with Gasteiger partial charge >= 0.3 is 0 Å². The Labute approximate surface area is 96.4 Å². The molecule has 1 heterocycles. The van der Waals surface area contributed by atoms with Crippen LogP contribution in [0.2, 0.25) is 0 Å². The number of piperidine rings is 1. The predicted octanol–water partition coefficient (Wildman–Crippen LogP) is -0.229. The summed E-state index contributed by atoms with van der Waals surface area (Å²) in [7, 11) is 0. The summed E-state index contributed by atoms with van der Waals surface area (Å²) in [6, 6.07) is -0.0190. The number of carbonyl (C=O) groups is 2. The van der Waals surface area contributed by atoms with Gasteiger partial charge in [-0.15, -0.1) is 0 Å². The first-order valence-electron chi connectivity index (χ1n) is 5.95. The van der Waals surface area contributed by atoms with Crippen LogP contribution in [0.15, 0.2) is 0 Å². The van der Waals surface area contributed by atoms with Gasteiger partial charge in [0.25, 0.3) is 0 Å². The molecule has 0 spiro atoms. The van der Waals surface area contributed by atoms with Crippen molar-refractivity contribution in [3.63, 3.8) is 0 Å². The first kappa shape index (κ1) is 13.0. The molecular weight excluding hydrogens is 206 g/mol. The number of nitrogens with one attached hydrogen (secondary N) is 3. The lowest BCUT2D eigenvalue weighted by molar-refractivity contribution is -0.123. The SMILES string of the molecule is CC(=O)NCCCNC(=O)C1CCCCN1. The van der Waals surface area contributed by atoms with Crippen molar-refractivity contribution in [1.82, 2.24) is 16.0 Å². The Morgan fingerprint density at radius 3 is 2.62 bits per heavy atom. The van der Waals surface area contributed by atoms with Crippen LogP contribution in [0.5, 0.6) is 0 Å². The third-order valence-corrected chi connectivity index (χ3v) is 2.65. The highest BCUT2D eigenvalue weighted by Crippen LogP contribution is 2.06. The molecule has 1 saturated heterocycles. The number of rotatable bonds is 5. The third kappa shape index (κ3) is 5.11. The molecule has 0 saturated carbocycles. The lowest BCUT2D eigenvalue weighted by Gasteiger charge is -2.22. The van der Waals surface area contributed by atoms with Crippen molar-refractivity contribution in [2.24, 2.45) is 0 Å². The Hall–Kier alpha value is -1.10. The molecule has 0 aliphatic carbocycles. The topological polar surface area (TPSA) is 70.2 Å². The van der Waals surface area contributed by atoms with E-state index in [1.165, 1.54) is 6.92 Å². The highest BCUT2D eigenvalue weighted by molar-refractivity contribution is 5.81. The van der Waals surface area contributed by atoms with Crippen molar-refractivity contribution in [1.29, 1.82) is 0 Å². The minimum absolute atomic E-state index is 0.0190. The monoisotopic (exact) mass is 227 g/mol. The Morgan fingerprint density at radius 2 is 2.00 bits per heavy atom. The summed E-state index contributed by atoms with van der Waals surface area (Å²) in [6.45, 7) is 3.67. The van der Waals surface area contributed by atoms with Crippen LogP contribution < -0.4 is 16.0 Å². The van der Waals surface area contributed by atoms with E-state index in [1.807, 2.05) is 0 Å². The van der Waals surface area contributed by atoms with Gasteiger partial charge in [-0.1, -0.05) is 6.42 Å². The molecule has 1 rings (SSSR count). The average Bonchev–Trinajstić information content (AvgIpc) is 2.29. The number of carbonyl (C=O) groups excluding carboxylic acids is 2. The molecule has 3 N–H and O–H groups in total. The molecular formula is C11H21N3O2. The fourth-order valence-electron chi connectivity index (χ4n) is 1.76. The van der Waals surface area contributed by atoms with Gasteiger partial charge in [0.05, 0.1) is 6.04 Å². The van der Waals surface area contributed by atoms with E-state index in [1.54, 1.807) is 0 Å². The predicted molar refractivity (Wildman–Crippen MR) is 62.0 cm³/mol. The summed E-state index contributed by atoms with van der Waals surface area (Å²) in [5, 5.41) is 8.76. The molecule has 16 heavy (non-hydrogen) atoms. The van der Waals surface area contributed by atoms with Gasteiger partial charge < -0.3 is 16.0 Å². The van der Waals surface area contributed by atoms with E-state index < -0.39 is 0 Å².